The second kappa shape index (κ2) is 5.89. The van der Waals surface area contributed by atoms with Gasteiger partial charge < -0.3 is 9.14 Å². The molecule has 0 amide bonds. The molecule has 23 heavy (non-hydrogen) atoms. The minimum Gasteiger partial charge on any atom is -0.462 e. The standard InChI is InChI=1S/C17H15NO4S/c1-2-22-17(19)14-12-18-11-7-6-10-15(18)16(14)23(20,21)13-8-4-3-5-9-13/h3-12H,2H2,1H3. The summed E-state index contributed by atoms with van der Waals surface area (Å²) in [5.41, 5.74) is 0.487. The summed E-state index contributed by atoms with van der Waals surface area (Å²) in [6.45, 7) is 1.86. The van der Waals surface area contributed by atoms with Gasteiger partial charge in [-0.25, -0.2) is 13.2 Å². The first-order valence-electron chi connectivity index (χ1n) is 7.12. The molecule has 3 rings (SSSR count). The van der Waals surface area contributed by atoms with Gasteiger partial charge in [-0.2, -0.15) is 0 Å². The Kier molecular flexibility index (Phi) is 3.92. The van der Waals surface area contributed by atoms with Crippen LogP contribution in [-0.4, -0.2) is 25.4 Å². The van der Waals surface area contributed by atoms with Gasteiger partial charge in [0.2, 0.25) is 9.84 Å². The zero-order valence-corrected chi connectivity index (χ0v) is 13.3. The van der Waals surface area contributed by atoms with Gasteiger partial charge in [0, 0.05) is 12.4 Å². The van der Waals surface area contributed by atoms with Gasteiger partial charge in [-0.15, -0.1) is 0 Å². The van der Waals surface area contributed by atoms with E-state index in [9.17, 15) is 13.2 Å². The number of benzene rings is 1. The SMILES string of the molecule is CCOC(=O)c1cn2ccccc2c1S(=O)(=O)c1ccccc1. The van der Waals surface area contributed by atoms with Crippen molar-refractivity contribution in [2.75, 3.05) is 6.61 Å². The van der Waals surface area contributed by atoms with Crippen molar-refractivity contribution in [2.24, 2.45) is 0 Å². The minimum atomic E-state index is -3.84. The first kappa shape index (κ1) is 15.3. The molecule has 2 heterocycles. The Labute approximate surface area is 134 Å². The van der Waals surface area contributed by atoms with E-state index >= 15 is 0 Å². The number of nitrogens with zero attached hydrogens (tertiary/aromatic N) is 1. The van der Waals surface area contributed by atoms with Crippen LogP contribution in [0.3, 0.4) is 0 Å². The lowest BCUT2D eigenvalue weighted by molar-refractivity contribution is 0.0522. The van der Waals surface area contributed by atoms with Crippen LogP contribution in [0.5, 0.6) is 0 Å². The Morgan fingerprint density at radius 1 is 1.09 bits per heavy atom. The molecule has 0 saturated carbocycles. The smallest absolute Gasteiger partial charge is 0.341 e. The molecule has 1 aromatic carbocycles. The van der Waals surface area contributed by atoms with E-state index in [1.807, 2.05) is 0 Å². The van der Waals surface area contributed by atoms with Gasteiger partial charge in [0.25, 0.3) is 0 Å². The monoisotopic (exact) mass is 329 g/mol. The first-order chi connectivity index (χ1) is 11.1. The summed E-state index contributed by atoms with van der Waals surface area (Å²) in [6, 6.07) is 13.2. The van der Waals surface area contributed by atoms with Gasteiger partial charge in [0.1, 0.15) is 4.90 Å². The second-order valence-corrected chi connectivity index (χ2v) is 6.79. The number of fused-ring (bicyclic) bond motifs is 1. The highest BCUT2D eigenvalue weighted by molar-refractivity contribution is 7.91. The summed E-state index contributed by atoms with van der Waals surface area (Å²) in [5.74, 6) is -0.647. The summed E-state index contributed by atoms with van der Waals surface area (Å²) in [6.07, 6.45) is 3.19. The maximum absolute atomic E-state index is 13.0. The van der Waals surface area contributed by atoms with E-state index in [0.717, 1.165) is 0 Å². The zero-order valence-electron chi connectivity index (χ0n) is 12.5. The van der Waals surface area contributed by atoms with Gasteiger partial charge in [0.15, 0.2) is 0 Å². The molecular formula is C17H15NO4S. The fraction of sp³-hybridized carbons (Fsp3) is 0.118. The molecule has 0 spiro atoms. The third-order valence-corrected chi connectivity index (χ3v) is 5.31. The number of aromatic nitrogens is 1. The van der Waals surface area contributed by atoms with Crippen LogP contribution in [0.25, 0.3) is 5.52 Å². The number of hydrogen-bond donors (Lipinski definition) is 0. The molecule has 0 atom stereocenters. The Balaban J connectivity index is 2.31. The number of carbonyl (C=O) groups excluding carboxylic acids is 1. The van der Waals surface area contributed by atoms with Crippen molar-refractivity contribution in [2.45, 2.75) is 16.7 Å². The fourth-order valence-corrected chi connectivity index (χ4v) is 4.08. The zero-order chi connectivity index (χ0) is 16.4. The van der Waals surface area contributed by atoms with Crippen LogP contribution in [0.4, 0.5) is 0 Å². The normalized spacial score (nSPS) is 11.5. The van der Waals surface area contributed by atoms with Crippen LogP contribution in [-0.2, 0) is 14.6 Å². The topological polar surface area (TPSA) is 64.8 Å². The Hall–Kier alpha value is -2.60. The Bertz CT molecular complexity index is 959. The summed E-state index contributed by atoms with van der Waals surface area (Å²) in [7, 11) is -3.84. The third-order valence-electron chi connectivity index (χ3n) is 3.45. The number of carbonyl (C=O) groups is 1. The highest BCUT2D eigenvalue weighted by atomic mass is 32.2. The van der Waals surface area contributed by atoms with E-state index in [0.29, 0.717) is 5.52 Å². The number of rotatable bonds is 4. The molecule has 0 aliphatic carbocycles. The maximum Gasteiger partial charge on any atom is 0.341 e. The summed E-state index contributed by atoms with van der Waals surface area (Å²) in [4.78, 5) is 12.3. The van der Waals surface area contributed by atoms with Crippen LogP contribution < -0.4 is 0 Å². The van der Waals surface area contributed by atoms with Gasteiger partial charge in [0.05, 0.1) is 22.6 Å². The molecule has 6 heteroatoms. The van der Waals surface area contributed by atoms with Crippen molar-refractivity contribution < 1.29 is 17.9 Å². The third kappa shape index (κ3) is 2.61. The highest BCUT2D eigenvalue weighted by Crippen LogP contribution is 2.30. The maximum atomic E-state index is 13.0. The molecule has 0 radical (unpaired) electrons. The van der Waals surface area contributed by atoms with Crippen LogP contribution in [0, 0.1) is 0 Å². The average molecular weight is 329 g/mol. The lowest BCUT2D eigenvalue weighted by atomic mass is 10.3. The van der Waals surface area contributed by atoms with E-state index in [1.54, 1.807) is 53.9 Å². The van der Waals surface area contributed by atoms with Crippen molar-refractivity contribution in [3.05, 3.63) is 66.5 Å². The molecule has 0 N–H and O–H groups in total. The number of sulfone groups is 1. The average Bonchev–Trinajstić information content (AvgIpc) is 2.96. The number of ether oxygens (including phenoxy) is 1. The largest absolute Gasteiger partial charge is 0.462 e. The van der Waals surface area contributed by atoms with Crippen LogP contribution >= 0.6 is 0 Å². The van der Waals surface area contributed by atoms with Crippen LogP contribution in [0.15, 0.2) is 70.7 Å². The Morgan fingerprint density at radius 2 is 1.78 bits per heavy atom. The van der Waals surface area contributed by atoms with E-state index in [4.69, 9.17) is 4.74 Å². The van der Waals surface area contributed by atoms with E-state index in [2.05, 4.69) is 0 Å². The summed E-state index contributed by atoms with van der Waals surface area (Å²) >= 11 is 0. The summed E-state index contributed by atoms with van der Waals surface area (Å²) < 4.78 is 32.7. The highest BCUT2D eigenvalue weighted by Gasteiger charge is 2.29. The quantitative estimate of drug-likeness (QED) is 0.690. The summed E-state index contributed by atoms with van der Waals surface area (Å²) in [5, 5.41) is 0. The number of pyridine rings is 1. The molecule has 5 nitrogen and oxygen atoms in total. The lowest BCUT2D eigenvalue weighted by Crippen LogP contribution is -2.10. The molecule has 0 aliphatic rings. The van der Waals surface area contributed by atoms with E-state index in [-0.39, 0.29) is 22.0 Å². The molecule has 0 unspecified atom stereocenters. The predicted molar refractivity (Wildman–Crippen MR) is 85.2 cm³/mol. The molecule has 0 bridgehead atoms. The molecule has 118 valence electrons. The molecule has 3 aromatic rings. The van der Waals surface area contributed by atoms with Gasteiger partial charge >= 0.3 is 5.97 Å². The molecule has 0 aliphatic heterocycles. The Morgan fingerprint density at radius 3 is 2.48 bits per heavy atom. The van der Waals surface area contributed by atoms with Crippen molar-refractivity contribution in [3.63, 3.8) is 0 Å². The van der Waals surface area contributed by atoms with Crippen molar-refractivity contribution in [1.29, 1.82) is 0 Å². The van der Waals surface area contributed by atoms with E-state index in [1.165, 1.54) is 18.3 Å². The number of hydrogen-bond acceptors (Lipinski definition) is 4. The molecular weight excluding hydrogens is 314 g/mol. The van der Waals surface area contributed by atoms with Gasteiger partial charge in [-0.3, -0.25) is 0 Å². The van der Waals surface area contributed by atoms with E-state index < -0.39 is 15.8 Å². The molecule has 0 fully saturated rings. The second-order valence-electron chi connectivity index (χ2n) is 4.90. The number of esters is 1. The first-order valence-corrected chi connectivity index (χ1v) is 8.61. The van der Waals surface area contributed by atoms with Gasteiger partial charge in [-0.05, 0) is 31.2 Å². The minimum absolute atomic E-state index is 0.0252. The molecule has 2 aromatic heterocycles. The molecule has 0 saturated heterocycles. The van der Waals surface area contributed by atoms with Crippen molar-refractivity contribution in [1.82, 2.24) is 4.40 Å². The van der Waals surface area contributed by atoms with Gasteiger partial charge in [-0.1, -0.05) is 24.3 Å². The van der Waals surface area contributed by atoms with Crippen LogP contribution in [0.2, 0.25) is 0 Å². The predicted octanol–water partition coefficient (Wildman–Crippen LogP) is 2.95. The van der Waals surface area contributed by atoms with Crippen molar-refractivity contribution >= 4 is 21.3 Å². The van der Waals surface area contributed by atoms with Crippen LogP contribution in [0.1, 0.15) is 17.3 Å². The fourth-order valence-electron chi connectivity index (χ4n) is 2.45. The van der Waals surface area contributed by atoms with Crippen molar-refractivity contribution in [3.8, 4) is 0 Å². The lowest BCUT2D eigenvalue weighted by Gasteiger charge is -2.06.